The van der Waals surface area contributed by atoms with Crippen LogP contribution in [0.15, 0.2) is 48.5 Å². The zero-order chi connectivity index (χ0) is 29.6. The van der Waals surface area contributed by atoms with Crippen LogP contribution in [-0.4, -0.2) is 58.7 Å². The number of para-hydroxylation sites is 2. The van der Waals surface area contributed by atoms with Gasteiger partial charge in [-0.3, -0.25) is 0 Å². The van der Waals surface area contributed by atoms with Gasteiger partial charge in [0.15, 0.2) is 0 Å². The molecule has 0 bridgehead atoms. The average Bonchev–Trinajstić information content (AvgIpc) is 3.39. The third-order valence-electron chi connectivity index (χ3n) is 5.90. The third-order valence-corrected chi connectivity index (χ3v) is 5.90. The van der Waals surface area contributed by atoms with Crippen LogP contribution in [0.2, 0.25) is 0 Å². The second-order valence-electron chi connectivity index (χ2n) is 11.1. The van der Waals surface area contributed by atoms with E-state index in [1.54, 1.807) is 90.1 Å². The molecule has 0 aliphatic rings. The minimum absolute atomic E-state index is 0.0401. The Morgan fingerprint density at radius 3 is 1.20 bits per heavy atom. The highest BCUT2D eigenvalue weighted by molar-refractivity contribution is 6.19. The zero-order valence-electron chi connectivity index (χ0n) is 23.8. The summed E-state index contributed by atoms with van der Waals surface area (Å²) in [4.78, 5) is 54.4. The monoisotopic (exact) mass is 548 g/mol. The quantitative estimate of drug-likeness (QED) is 0.213. The average molecular weight is 549 g/mol. The third kappa shape index (κ3) is 5.04. The number of esters is 2. The number of fused-ring (bicyclic) bond motifs is 2. The Balaban J connectivity index is 2.29. The molecule has 40 heavy (non-hydrogen) atoms. The highest BCUT2D eigenvalue weighted by Gasteiger charge is 2.37. The molecule has 0 N–H and O–H groups in total. The second-order valence-corrected chi connectivity index (χ2v) is 11.1. The molecule has 0 spiro atoms. The highest BCUT2D eigenvalue weighted by atomic mass is 16.6. The summed E-state index contributed by atoms with van der Waals surface area (Å²) >= 11 is 0. The van der Waals surface area contributed by atoms with E-state index in [0.29, 0.717) is 21.8 Å². The molecule has 0 aliphatic heterocycles. The molecular formula is C30H32N2O8. The summed E-state index contributed by atoms with van der Waals surface area (Å²) in [5.74, 6) is -1.57. The summed E-state index contributed by atoms with van der Waals surface area (Å²) in [6.45, 7) is 10.2. The van der Waals surface area contributed by atoms with E-state index in [4.69, 9.17) is 18.9 Å². The van der Waals surface area contributed by atoms with Crippen molar-refractivity contribution in [3.63, 3.8) is 0 Å². The molecule has 4 rings (SSSR count). The molecule has 4 aromatic rings. The molecule has 0 radical (unpaired) electrons. The van der Waals surface area contributed by atoms with E-state index in [2.05, 4.69) is 0 Å². The van der Waals surface area contributed by atoms with Crippen LogP contribution in [0, 0.1) is 0 Å². The molecule has 2 heterocycles. The number of hydrogen-bond donors (Lipinski definition) is 0. The van der Waals surface area contributed by atoms with Crippen molar-refractivity contribution in [2.24, 2.45) is 0 Å². The summed E-state index contributed by atoms with van der Waals surface area (Å²) in [5.41, 5.74) is -1.44. The zero-order valence-corrected chi connectivity index (χ0v) is 23.8. The molecule has 0 aliphatic carbocycles. The largest absolute Gasteiger partial charge is 0.465 e. The van der Waals surface area contributed by atoms with Crippen LogP contribution in [0.4, 0.5) is 9.59 Å². The molecule has 0 saturated carbocycles. The Bertz CT molecular complexity index is 1540. The first-order chi connectivity index (χ1) is 18.7. The summed E-state index contributed by atoms with van der Waals surface area (Å²) in [5, 5.41) is 0.707. The topological polar surface area (TPSA) is 115 Å². The van der Waals surface area contributed by atoms with Gasteiger partial charge in [0.2, 0.25) is 0 Å². The van der Waals surface area contributed by atoms with Crippen LogP contribution >= 0.6 is 0 Å². The fourth-order valence-corrected chi connectivity index (χ4v) is 4.54. The van der Waals surface area contributed by atoms with E-state index in [1.165, 1.54) is 23.4 Å². The van der Waals surface area contributed by atoms with E-state index in [0.717, 1.165) is 0 Å². The van der Waals surface area contributed by atoms with E-state index < -0.39 is 35.3 Å². The first-order valence-corrected chi connectivity index (χ1v) is 12.6. The van der Waals surface area contributed by atoms with Crippen molar-refractivity contribution in [1.29, 1.82) is 0 Å². The summed E-state index contributed by atoms with van der Waals surface area (Å²) in [7, 11) is 2.41. The van der Waals surface area contributed by atoms with Gasteiger partial charge in [0, 0.05) is 10.8 Å². The fraction of sp³-hybridized carbons (Fsp3) is 0.333. The molecule has 210 valence electrons. The second kappa shape index (κ2) is 10.2. The Morgan fingerprint density at radius 2 is 0.900 bits per heavy atom. The van der Waals surface area contributed by atoms with Crippen molar-refractivity contribution in [1.82, 2.24) is 9.13 Å². The van der Waals surface area contributed by atoms with E-state index in [-0.39, 0.29) is 22.5 Å². The van der Waals surface area contributed by atoms with Gasteiger partial charge in [-0.2, -0.15) is 0 Å². The van der Waals surface area contributed by atoms with Crippen molar-refractivity contribution < 1.29 is 38.1 Å². The lowest BCUT2D eigenvalue weighted by Gasteiger charge is -2.23. The molecule has 0 unspecified atom stereocenters. The van der Waals surface area contributed by atoms with Gasteiger partial charge in [-0.25, -0.2) is 28.3 Å². The number of ether oxygens (including phenoxy) is 4. The normalized spacial score (nSPS) is 11.9. The van der Waals surface area contributed by atoms with Crippen molar-refractivity contribution in [3.05, 3.63) is 59.7 Å². The van der Waals surface area contributed by atoms with Gasteiger partial charge in [0.25, 0.3) is 0 Å². The number of rotatable bonds is 3. The molecule has 0 fully saturated rings. The first-order valence-electron chi connectivity index (χ1n) is 12.6. The molecule has 10 nitrogen and oxygen atoms in total. The van der Waals surface area contributed by atoms with E-state index in [9.17, 15) is 19.2 Å². The summed E-state index contributed by atoms with van der Waals surface area (Å²) < 4.78 is 24.1. The number of carbonyl (C=O) groups is 4. The van der Waals surface area contributed by atoms with Crippen molar-refractivity contribution in [2.75, 3.05) is 14.2 Å². The van der Waals surface area contributed by atoms with Gasteiger partial charge in [0.1, 0.15) is 11.2 Å². The molecule has 2 aromatic carbocycles. The number of benzene rings is 2. The lowest BCUT2D eigenvalue weighted by Crippen LogP contribution is -2.30. The van der Waals surface area contributed by atoms with Gasteiger partial charge in [-0.15, -0.1) is 0 Å². The Kier molecular flexibility index (Phi) is 7.23. The maximum atomic E-state index is 13.8. The predicted molar refractivity (Wildman–Crippen MR) is 149 cm³/mol. The van der Waals surface area contributed by atoms with Gasteiger partial charge >= 0.3 is 24.1 Å². The molecule has 0 saturated heterocycles. The van der Waals surface area contributed by atoms with E-state index in [1.807, 2.05) is 0 Å². The van der Waals surface area contributed by atoms with Gasteiger partial charge in [-0.05, 0) is 53.7 Å². The molecule has 0 atom stereocenters. The lowest BCUT2D eigenvalue weighted by atomic mass is 10.0. The van der Waals surface area contributed by atoms with Crippen LogP contribution in [0.3, 0.4) is 0 Å². The van der Waals surface area contributed by atoms with Gasteiger partial charge < -0.3 is 18.9 Å². The fourth-order valence-electron chi connectivity index (χ4n) is 4.54. The summed E-state index contributed by atoms with van der Waals surface area (Å²) in [6.07, 6.45) is -1.66. The van der Waals surface area contributed by atoms with Crippen molar-refractivity contribution in [3.8, 4) is 11.4 Å². The van der Waals surface area contributed by atoms with Crippen LogP contribution in [0.5, 0.6) is 0 Å². The SMILES string of the molecule is COC(=O)c1c(-c2c(C(=O)OC)c3ccccc3n2C(=O)OC(C)(C)C)n(C(=O)OC(C)(C)C)c2ccccc12. The standard InChI is InChI=1S/C30H32N2O8/c1-29(2,3)39-27(35)31-19-15-11-9-13-17(19)21(25(33)37-7)23(31)24-22(26(34)38-8)18-14-10-12-16-20(18)32(24)28(36)40-30(4,5)6/h9-16H,1-8H3. The summed E-state index contributed by atoms with van der Waals surface area (Å²) in [6, 6.07) is 13.3. The number of hydrogen-bond acceptors (Lipinski definition) is 8. The van der Waals surface area contributed by atoms with Gasteiger partial charge in [0.05, 0.1) is 47.8 Å². The Morgan fingerprint density at radius 1 is 0.575 bits per heavy atom. The lowest BCUT2D eigenvalue weighted by molar-refractivity contribution is 0.0523. The molecule has 0 amide bonds. The van der Waals surface area contributed by atoms with Crippen LogP contribution < -0.4 is 0 Å². The molecule has 2 aromatic heterocycles. The molecular weight excluding hydrogens is 516 g/mol. The van der Waals surface area contributed by atoms with E-state index >= 15 is 0 Å². The number of nitrogens with zero attached hydrogens (tertiary/aromatic N) is 2. The van der Waals surface area contributed by atoms with Crippen LogP contribution in [0.25, 0.3) is 33.2 Å². The maximum Gasteiger partial charge on any atom is 0.419 e. The first kappa shape index (κ1) is 28.4. The smallest absolute Gasteiger partial charge is 0.419 e. The molecule has 10 heteroatoms. The minimum Gasteiger partial charge on any atom is -0.465 e. The predicted octanol–water partition coefficient (Wildman–Crippen LogP) is 6.40. The number of methoxy groups -OCH3 is 2. The highest BCUT2D eigenvalue weighted by Crippen LogP contribution is 2.41. The van der Waals surface area contributed by atoms with Crippen LogP contribution in [0.1, 0.15) is 62.3 Å². The van der Waals surface area contributed by atoms with Gasteiger partial charge in [-0.1, -0.05) is 36.4 Å². The minimum atomic E-state index is -0.909. The maximum absolute atomic E-state index is 13.8. The number of aromatic nitrogens is 2. The van der Waals surface area contributed by atoms with Crippen molar-refractivity contribution >= 4 is 45.9 Å². The Labute approximate surface area is 231 Å². The van der Waals surface area contributed by atoms with Crippen LogP contribution in [-0.2, 0) is 18.9 Å². The Hall–Kier alpha value is -4.60. The number of carbonyl (C=O) groups excluding carboxylic acids is 4. The van der Waals surface area contributed by atoms with Crippen molar-refractivity contribution in [2.45, 2.75) is 52.7 Å².